The molecule has 4 aromatic rings. The van der Waals surface area contributed by atoms with E-state index >= 15 is 0 Å². The van der Waals surface area contributed by atoms with Crippen LogP contribution in [0.3, 0.4) is 0 Å². The number of para-hydroxylation sites is 1. The first kappa shape index (κ1) is 12.8. The molecule has 2 aromatic carbocycles. The predicted octanol–water partition coefficient (Wildman–Crippen LogP) is 5.31. The van der Waals surface area contributed by atoms with Crippen LogP contribution in [0.25, 0.3) is 21.0 Å². The Morgan fingerprint density at radius 3 is 2.62 bits per heavy atom. The van der Waals surface area contributed by atoms with Gasteiger partial charge in [0.2, 0.25) is 0 Å². The van der Waals surface area contributed by atoms with Gasteiger partial charge in [-0.25, -0.2) is 0 Å². The van der Waals surface area contributed by atoms with Gasteiger partial charge in [-0.3, -0.25) is 9.36 Å². The summed E-state index contributed by atoms with van der Waals surface area (Å²) in [5.41, 5.74) is 0.937. The number of hydrogen-bond donors (Lipinski definition) is 0. The fraction of sp³-hybridized carbons (Fsp3) is 0. The SMILES string of the molecule is O=C(c1sc2ccccc2c1Br)n1ccc2ccccc21. The maximum absolute atomic E-state index is 12.9. The number of thiophene rings is 1. The molecule has 2 heterocycles. The molecule has 0 saturated heterocycles. The Morgan fingerprint density at radius 1 is 1.00 bits per heavy atom. The van der Waals surface area contributed by atoms with E-state index in [4.69, 9.17) is 0 Å². The molecule has 0 amide bonds. The third kappa shape index (κ3) is 1.94. The lowest BCUT2D eigenvalue weighted by molar-refractivity contribution is 0.0968. The van der Waals surface area contributed by atoms with Crippen LogP contribution in [-0.2, 0) is 0 Å². The molecule has 21 heavy (non-hydrogen) atoms. The first-order valence-electron chi connectivity index (χ1n) is 6.53. The van der Waals surface area contributed by atoms with Crippen molar-refractivity contribution in [3.05, 3.63) is 70.1 Å². The maximum Gasteiger partial charge on any atom is 0.273 e. The van der Waals surface area contributed by atoms with Crippen molar-refractivity contribution in [1.82, 2.24) is 4.57 Å². The van der Waals surface area contributed by atoms with Crippen LogP contribution in [0, 0.1) is 0 Å². The van der Waals surface area contributed by atoms with Crippen LogP contribution in [0.2, 0.25) is 0 Å². The van der Waals surface area contributed by atoms with Crippen LogP contribution >= 0.6 is 27.3 Å². The number of carbonyl (C=O) groups is 1. The van der Waals surface area contributed by atoms with Crippen molar-refractivity contribution in [3.63, 3.8) is 0 Å². The zero-order valence-electron chi connectivity index (χ0n) is 10.9. The first-order valence-corrected chi connectivity index (χ1v) is 8.14. The second-order valence-corrected chi connectivity index (χ2v) is 6.64. The Morgan fingerprint density at radius 2 is 1.76 bits per heavy atom. The summed E-state index contributed by atoms with van der Waals surface area (Å²) in [6, 6.07) is 17.9. The average Bonchev–Trinajstić information content (AvgIpc) is 3.09. The van der Waals surface area contributed by atoms with E-state index in [0.29, 0.717) is 0 Å². The van der Waals surface area contributed by atoms with E-state index in [-0.39, 0.29) is 5.91 Å². The van der Waals surface area contributed by atoms with Gasteiger partial charge in [-0.15, -0.1) is 11.3 Å². The highest BCUT2D eigenvalue weighted by Gasteiger charge is 2.19. The number of nitrogens with zero attached hydrogens (tertiary/aromatic N) is 1. The molecule has 0 radical (unpaired) electrons. The molecule has 2 aromatic heterocycles. The first-order chi connectivity index (χ1) is 10.3. The predicted molar refractivity (Wildman–Crippen MR) is 91.2 cm³/mol. The van der Waals surface area contributed by atoms with E-state index in [9.17, 15) is 4.79 Å². The lowest BCUT2D eigenvalue weighted by atomic mass is 10.2. The minimum atomic E-state index is 0.00396. The molecule has 0 atom stereocenters. The molecule has 102 valence electrons. The second-order valence-electron chi connectivity index (χ2n) is 4.79. The van der Waals surface area contributed by atoms with Crippen molar-refractivity contribution in [2.45, 2.75) is 0 Å². The summed E-state index contributed by atoms with van der Waals surface area (Å²) < 4.78 is 3.71. The van der Waals surface area contributed by atoms with Crippen LogP contribution in [0.5, 0.6) is 0 Å². The second kappa shape index (κ2) is 4.83. The minimum Gasteiger partial charge on any atom is -0.282 e. The average molecular weight is 356 g/mol. The standard InChI is InChI=1S/C17H10BrNOS/c18-15-12-6-2-4-8-14(12)21-16(15)17(20)19-10-9-11-5-1-3-7-13(11)19/h1-10H. The van der Waals surface area contributed by atoms with Crippen molar-refractivity contribution in [2.24, 2.45) is 0 Å². The number of carbonyl (C=O) groups excluding carboxylic acids is 1. The molecule has 0 N–H and O–H groups in total. The molecule has 4 heteroatoms. The van der Waals surface area contributed by atoms with Crippen molar-refractivity contribution < 1.29 is 4.79 Å². The molecule has 2 nitrogen and oxygen atoms in total. The number of hydrogen-bond acceptors (Lipinski definition) is 2. The normalized spacial score (nSPS) is 11.3. The number of benzene rings is 2. The van der Waals surface area contributed by atoms with Crippen LogP contribution in [-0.4, -0.2) is 10.5 Å². The van der Waals surface area contributed by atoms with Crippen molar-refractivity contribution in [1.29, 1.82) is 0 Å². The van der Waals surface area contributed by atoms with Crippen LogP contribution in [0.4, 0.5) is 0 Å². The molecular weight excluding hydrogens is 346 g/mol. The van der Waals surface area contributed by atoms with E-state index in [1.165, 1.54) is 11.3 Å². The fourth-order valence-corrected chi connectivity index (χ4v) is 4.44. The third-order valence-corrected chi connectivity index (χ3v) is 5.79. The summed E-state index contributed by atoms with van der Waals surface area (Å²) in [5.74, 6) is 0.00396. The smallest absolute Gasteiger partial charge is 0.273 e. The number of rotatable bonds is 1. The van der Waals surface area contributed by atoms with Crippen molar-refractivity contribution in [3.8, 4) is 0 Å². The number of fused-ring (bicyclic) bond motifs is 2. The van der Waals surface area contributed by atoms with E-state index < -0.39 is 0 Å². The monoisotopic (exact) mass is 355 g/mol. The Kier molecular flexibility index (Phi) is 2.94. The Balaban J connectivity index is 1.92. The van der Waals surface area contributed by atoms with Gasteiger partial charge in [0.1, 0.15) is 4.88 Å². The number of aromatic nitrogens is 1. The van der Waals surface area contributed by atoms with E-state index in [1.54, 1.807) is 4.57 Å². The van der Waals surface area contributed by atoms with Gasteiger partial charge in [0.25, 0.3) is 5.91 Å². The van der Waals surface area contributed by atoms with Gasteiger partial charge in [0.15, 0.2) is 0 Å². The molecular formula is C17H10BrNOS. The number of halogens is 1. The lowest BCUT2D eigenvalue weighted by Gasteiger charge is -2.02. The van der Waals surface area contributed by atoms with Gasteiger partial charge in [-0.1, -0.05) is 36.4 Å². The molecule has 0 bridgehead atoms. The summed E-state index contributed by atoms with van der Waals surface area (Å²) in [6.45, 7) is 0. The van der Waals surface area contributed by atoms with Gasteiger partial charge in [0.05, 0.1) is 5.52 Å². The van der Waals surface area contributed by atoms with Gasteiger partial charge in [0, 0.05) is 26.1 Å². The zero-order chi connectivity index (χ0) is 14.4. The van der Waals surface area contributed by atoms with E-state index in [0.717, 1.165) is 30.3 Å². The zero-order valence-corrected chi connectivity index (χ0v) is 13.3. The van der Waals surface area contributed by atoms with Gasteiger partial charge in [-0.05, 0) is 34.1 Å². The summed E-state index contributed by atoms with van der Waals surface area (Å²) >= 11 is 5.10. The fourth-order valence-electron chi connectivity index (χ4n) is 2.52. The Bertz CT molecular complexity index is 983. The molecule has 0 aliphatic heterocycles. The molecule has 0 aliphatic carbocycles. The summed E-state index contributed by atoms with van der Waals surface area (Å²) in [7, 11) is 0. The summed E-state index contributed by atoms with van der Waals surface area (Å²) in [4.78, 5) is 13.6. The molecule has 0 spiro atoms. The Hall–Kier alpha value is -1.91. The highest BCUT2D eigenvalue weighted by Crippen LogP contribution is 2.36. The maximum atomic E-state index is 12.9. The highest BCUT2D eigenvalue weighted by atomic mass is 79.9. The molecule has 0 saturated carbocycles. The molecule has 0 aliphatic rings. The molecule has 4 rings (SSSR count). The van der Waals surface area contributed by atoms with Gasteiger partial charge in [-0.2, -0.15) is 0 Å². The largest absolute Gasteiger partial charge is 0.282 e. The quantitative estimate of drug-likeness (QED) is 0.453. The summed E-state index contributed by atoms with van der Waals surface area (Å²) in [6.07, 6.45) is 1.84. The third-order valence-electron chi connectivity index (χ3n) is 3.55. The molecule has 0 unspecified atom stereocenters. The van der Waals surface area contributed by atoms with Crippen LogP contribution in [0.15, 0.2) is 65.3 Å². The lowest BCUT2D eigenvalue weighted by Crippen LogP contribution is -2.09. The summed E-state index contributed by atoms with van der Waals surface area (Å²) in [5, 5.41) is 2.16. The Labute approximate surface area is 133 Å². The highest BCUT2D eigenvalue weighted by molar-refractivity contribution is 9.10. The van der Waals surface area contributed by atoms with Gasteiger partial charge >= 0.3 is 0 Å². The van der Waals surface area contributed by atoms with E-state index in [1.807, 2.05) is 60.8 Å². The van der Waals surface area contributed by atoms with Crippen LogP contribution in [0.1, 0.15) is 9.67 Å². The van der Waals surface area contributed by atoms with Gasteiger partial charge < -0.3 is 0 Å². The van der Waals surface area contributed by atoms with E-state index in [2.05, 4.69) is 15.9 Å². The van der Waals surface area contributed by atoms with Crippen molar-refractivity contribution >= 4 is 54.2 Å². The molecule has 0 fully saturated rings. The van der Waals surface area contributed by atoms with Crippen LogP contribution < -0.4 is 0 Å². The minimum absolute atomic E-state index is 0.00396. The topological polar surface area (TPSA) is 22.0 Å². The van der Waals surface area contributed by atoms with Crippen molar-refractivity contribution in [2.75, 3.05) is 0 Å².